The fraction of sp³-hybridized carbons (Fsp3) is 0.500. The maximum atomic E-state index is 11.7. The molecule has 5 heteroatoms. The summed E-state index contributed by atoms with van der Waals surface area (Å²) in [6.45, 7) is 1.47. The van der Waals surface area contributed by atoms with Gasteiger partial charge in [-0.15, -0.1) is 0 Å². The van der Waals surface area contributed by atoms with Crippen LogP contribution in [0.1, 0.15) is 12.0 Å². The maximum Gasteiger partial charge on any atom is 0.223 e. The van der Waals surface area contributed by atoms with E-state index in [2.05, 4.69) is 20.9 Å². The maximum absolute atomic E-state index is 11.7. The zero-order valence-corrected chi connectivity index (χ0v) is 11.3. The van der Waals surface area contributed by atoms with Gasteiger partial charge in [0.05, 0.1) is 7.11 Å². The topological polar surface area (TPSA) is 42.4 Å². The van der Waals surface area contributed by atoms with Crippen molar-refractivity contribution in [3.05, 3.63) is 23.9 Å². The lowest BCUT2D eigenvalue weighted by atomic mass is 10.2. The Hall–Kier alpha value is -1.10. The molecule has 2 heterocycles. The van der Waals surface area contributed by atoms with Crippen LogP contribution >= 0.6 is 15.9 Å². The van der Waals surface area contributed by atoms with E-state index in [1.807, 2.05) is 17.0 Å². The number of carbonyl (C=O) groups excluding carboxylic acids is 1. The number of methoxy groups -OCH3 is 1. The lowest BCUT2D eigenvalue weighted by molar-refractivity contribution is -0.128. The Labute approximate surface area is 109 Å². The third-order valence-electron chi connectivity index (χ3n) is 2.89. The first kappa shape index (κ1) is 12.4. The number of hydrogen-bond donors (Lipinski definition) is 0. The molecule has 0 radical (unpaired) electrons. The van der Waals surface area contributed by atoms with Crippen molar-refractivity contribution in [2.75, 3.05) is 19.0 Å². The molecule has 0 bridgehead atoms. The van der Waals surface area contributed by atoms with E-state index in [-0.39, 0.29) is 5.91 Å². The molecule has 0 saturated carbocycles. The number of likely N-dealkylation sites (tertiary alicyclic amines) is 1. The zero-order valence-electron chi connectivity index (χ0n) is 9.73. The number of alkyl halides is 1. The Morgan fingerprint density at radius 3 is 2.94 bits per heavy atom. The van der Waals surface area contributed by atoms with Crippen LogP contribution in [0, 0.1) is 5.92 Å². The fourth-order valence-electron chi connectivity index (χ4n) is 1.96. The first-order valence-corrected chi connectivity index (χ1v) is 6.67. The number of rotatable bonds is 4. The minimum atomic E-state index is 0.227. The largest absolute Gasteiger partial charge is 0.481 e. The minimum absolute atomic E-state index is 0.227. The molecule has 4 nitrogen and oxygen atoms in total. The predicted molar refractivity (Wildman–Crippen MR) is 68.1 cm³/mol. The first-order chi connectivity index (χ1) is 8.22. The second kappa shape index (κ2) is 5.49. The van der Waals surface area contributed by atoms with Crippen LogP contribution in [0.3, 0.4) is 0 Å². The second-order valence-electron chi connectivity index (χ2n) is 4.21. The predicted octanol–water partition coefficient (Wildman–Crippen LogP) is 1.83. The van der Waals surface area contributed by atoms with Crippen molar-refractivity contribution in [3.63, 3.8) is 0 Å². The van der Waals surface area contributed by atoms with E-state index in [1.54, 1.807) is 13.3 Å². The lowest BCUT2D eigenvalue weighted by Gasteiger charge is -2.16. The highest BCUT2D eigenvalue weighted by Gasteiger charge is 2.28. The number of pyridine rings is 1. The summed E-state index contributed by atoms with van der Waals surface area (Å²) in [5.74, 6) is 1.26. The van der Waals surface area contributed by atoms with Gasteiger partial charge in [-0.05, 0) is 11.5 Å². The Kier molecular flexibility index (Phi) is 3.99. The zero-order chi connectivity index (χ0) is 12.3. The summed E-state index contributed by atoms with van der Waals surface area (Å²) in [5.41, 5.74) is 1.04. The van der Waals surface area contributed by atoms with E-state index >= 15 is 0 Å². The molecule has 1 aliphatic heterocycles. The van der Waals surface area contributed by atoms with Gasteiger partial charge in [-0.3, -0.25) is 4.79 Å². The normalized spacial score (nSPS) is 19.8. The summed E-state index contributed by atoms with van der Waals surface area (Å²) < 4.78 is 5.00. The van der Waals surface area contributed by atoms with Crippen LogP contribution in [-0.4, -0.2) is 34.8 Å². The van der Waals surface area contributed by atoms with Gasteiger partial charge in [0, 0.05) is 37.1 Å². The molecule has 1 amide bonds. The van der Waals surface area contributed by atoms with Crippen LogP contribution in [0.25, 0.3) is 0 Å². The number of hydrogen-bond acceptors (Lipinski definition) is 3. The van der Waals surface area contributed by atoms with E-state index in [1.165, 1.54) is 0 Å². The van der Waals surface area contributed by atoms with Gasteiger partial charge in [-0.1, -0.05) is 22.0 Å². The van der Waals surface area contributed by atoms with Crippen LogP contribution in [0.2, 0.25) is 0 Å². The van der Waals surface area contributed by atoms with Crippen molar-refractivity contribution in [2.24, 2.45) is 5.92 Å². The van der Waals surface area contributed by atoms with Gasteiger partial charge in [-0.25, -0.2) is 4.98 Å². The summed E-state index contributed by atoms with van der Waals surface area (Å²) in [7, 11) is 1.59. The molecule has 1 saturated heterocycles. The summed E-state index contributed by atoms with van der Waals surface area (Å²) >= 11 is 3.43. The molecule has 0 aliphatic carbocycles. The van der Waals surface area contributed by atoms with E-state index in [0.29, 0.717) is 24.8 Å². The van der Waals surface area contributed by atoms with Crippen LogP contribution in [0.5, 0.6) is 5.88 Å². The van der Waals surface area contributed by atoms with Gasteiger partial charge < -0.3 is 9.64 Å². The van der Waals surface area contributed by atoms with Gasteiger partial charge >= 0.3 is 0 Å². The van der Waals surface area contributed by atoms with Gasteiger partial charge in [0.2, 0.25) is 11.8 Å². The Morgan fingerprint density at radius 1 is 1.59 bits per heavy atom. The molecule has 0 spiro atoms. The van der Waals surface area contributed by atoms with Gasteiger partial charge in [-0.2, -0.15) is 0 Å². The highest BCUT2D eigenvalue weighted by Crippen LogP contribution is 2.21. The monoisotopic (exact) mass is 298 g/mol. The third kappa shape index (κ3) is 2.97. The van der Waals surface area contributed by atoms with Gasteiger partial charge in [0.15, 0.2) is 0 Å². The molecule has 0 N–H and O–H groups in total. The molecule has 1 atom stereocenters. The standard InChI is InChI=1S/C12H15BrN2O2/c1-17-11-3-2-9(6-14-11)7-15-8-10(5-13)4-12(15)16/h2-3,6,10H,4-5,7-8H2,1H3. The Balaban J connectivity index is 1.98. The van der Waals surface area contributed by atoms with Crippen molar-refractivity contribution in [2.45, 2.75) is 13.0 Å². The Morgan fingerprint density at radius 2 is 2.41 bits per heavy atom. The number of amides is 1. The van der Waals surface area contributed by atoms with Crippen LogP contribution < -0.4 is 4.74 Å². The second-order valence-corrected chi connectivity index (χ2v) is 4.86. The Bertz CT molecular complexity index is 394. The van der Waals surface area contributed by atoms with Gasteiger partial charge in [0.25, 0.3) is 0 Å². The number of aromatic nitrogens is 1. The lowest BCUT2D eigenvalue weighted by Crippen LogP contribution is -2.24. The van der Waals surface area contributed by atoms with E-state index in [0.717, 1.165) is 17.4 Å². The SMILES string of the molecule is COc1ccc(CN2CC(CBr)CC2=O)cn1. The van der Waals surface area contributed by atoms with Crippen LogP contribution in [0.15, 0.2) is 18.3 Å². The van der Waals surface area contributed by atoms with Crippen molar-refractivity contribution in [1.82, 2.24) is 9.88 Å². The van der Waals surface area contributed by atoms with Crippen molar-refractivity contribution < 1.29 is 9.53 Å². The minimum Gasteiger partial charge on any atom is -0.481 e. The highest BCUT2D eigenvalue weighted by molar-refractivity contribution is 9.09. The summed E-state index contributed by atoms with van der Waals surface area (Å²) in [6.07, 6.45) is 2.41. The number of ether oxygens (including phenoxy) is 1. The molecule has 1 fully saturated rings. The van der Waals surface area contributed by atoms with E-state index < -0.39 is 0 Å². The highest BCUT2D eigenvalue weighted by atomic mass is 79.9. The van der Waals surface area contributed by atoms with Crippen LogP contribution in [0.4, 0.5) is 0 Å². The molecular formula is C12H15BrN2O2. The van der Waals surface area contributed by atoms with E-state index in [4.69, 9.17) is 4.74 Å². The first-order valence-electron chi connectivity index (χ1n) is 5.55. The number of halogens is 1. The average molecular weight is 299 g/mol. The number of carbonyl (C=O) groups is 1. The molecule has 92 valence electrons. The molecule has 1 aliphatic rings. The molecule has 2 rings (SSSR count). The van der Waals surface area contributed by atoms with Crippen molar-refractivity contribution in [1.29, 1.82) is 0 Å². The fourth-order valence-corrected chi connectivity index (χ4v) is 2.39. The molecule has 17 heavy (non-hydrogen) atoms. The van der Waals surface area contributed by atoms with Crippen molar-refractivity contribution >= 4 is 21.8 Å². The molecule has 0 aromatic carbocycles. The van der Waals surface area contributed by atoms with Gasteiger partial charge in [0.1, 0.15) is 0 Å². The number of nitrogens with zero attached hydrogens (tertiary/aromatic N) is 2. The average Bonchev–Trinajstić information content (AvgIpc) is 2.71. The molecule has 1 aromatic rings. The van der Waals surface area contributed by atoms with E-state index in [9.17, 15) is 4.79 Å². The quantitative estimate of drug-likeness (QED) is 0.797. The third-order valence-corrected chi connectivity index (χ3v) is 3.81. The van der Waals surface area contributed by atoms with Crippen molar-refractivity contribution in [3.8, 4) is 5.88 Å². The van der Waals surface area contributed by atoms with Crippen LogP contribution in [-0.2, 0) is 11.3 Å². The smallest absolute Gasteiger partial charge is 0.223 e. The summed E-state index contributed by atoms with van der Waals surface area (Å²) in [6, 6.07) is 3.76. The molecule has 1 unspecified atom stereocenters. The summed E-state index contributed by atoms with van der Waals surface area (Å²) in [5, 5.41) is 0.885. The summed E-state index contributed by atoms with van der Waals surface area (Å²) in [4.78, 5) is 17.7. The molecular weight excluding hydrogens is 284 g/mol. The molecule has 1 aromatic heterocycles.